The number of carbonyl (C=O) groups is 1. The van der Waals surface area contributed by atoms with Gasteiger partial charge in [0.25, 0.3) is 5.91 Å². The number of ether oxygens (including phenoxy) is 1. The highest BCUT2D eigenvalue weighted by Gasteiger charge is 2.34. The van der Waals surface area contributed by atoms with Crippen LogP contribution in [-0.4, -0.2) is 65.7 Å². The molecule has 0 spiro atoms. The van der Waals surface area contributed by atoms with Crippen LogP contribution in [0.25, 0.3) is 0 Å². The Bertz CT molecular complexity index is 1080. The lowest BCUT2D eigenvalue weighted by molar-refractivity contribution is 0.0731. The summed E-state index contributed by atoms with van der Waals surface area (Å²) in [5.74, 6) is -0.0979. The first-order valence-electron chi connectivity index (χ1n) is 10.9. The van der Waals surface area contributed by atoms with Gasteiger partial charge in [-0.15, -0.1) is 0 Å². The summed E-state index contributed by atoms with van der Waals surface area (Å²) in [7, 11) is 0. The van der Waals surface area contributed by atoms with Crippen molar-refractivity contribution in [2.75, 3.05) is 26.2 Å². The van der Waals surface area contributed by atoms with Crippen LogP contribution >= 0.6 is 11.6 Å². The minimum Gasteiger partial charge on any atom is -0.489 e. The first kappa shape index (κ1) is 23.4. The number of aliphatic imine (C=N–C) groups is 1. The molecule has 1 amide bonds. The molecule has 2 fully saturated rings. The van der Waals surface area contributed by atoms with Crippen molar-refractivity contribution >= 4 is 28.9 Å². The molecule has 1 aliphatic carbocycles. The van der Waals surface area contributed by atoms with Crippen molar-refractivity contribution in [1.29, 1.82) is 5.41 Å². The third-order valence-electron chi connectivity index (χ3n) is 5.97. The third kappa shape index (κ3) is 4.95. The van der Waals surface area contributed by atoms with Gasteiger partial charge in [-0.3, -0.25) is 4.79 Å². The number of halogens is 2. The van der Waals surface area contributed by atoms with Crippen molar-refractivity contribution in [3.63, 3.8) is 0 Å². The first-order chi connectivity index (χ1) is 15.8. The van der Waals surface area contributed by atoms with Gasteiger partial charge >= 0.3 is 0 Å². The Morgan fingerprint density at radius 1 is 1.39 bits per heavy atom. The molecule has 2 heterocycles. The van der Waals surface area contributed by atoms with Crippen molar-refractivity contribution in [2.24, 2.45) is 4.99 Å². The predicted molar refractivity (Wildman–Crippen MR) is 124 cm³/mol. The lowest BCUT2D eigenvalue weighted by Gasteiger charge is -2.36. The Labute approximate surface area is 196 Å². The molecule has 0 unspecified atom stereocenters. The molecule has 10 heteroatoms. The SMILES string of the molecule is CC1=N/C(=C2\CN(C(=O)c3ccc(F)cc3OC3CC(NCCO)C3)CC2=N)NC(C)=C1Cl. The monoisotopic (exact) mass is 475 g/mol. The van der Waals surface area contributed by atoms with Gasteiger partial charge in [0.05, 0.1) is 41.7 Å². The number of benzene rings is 1. The lowest BCUT2D eigenvalue weighted by atomic mass is 9.89. The second-order valence-electron chi connectivity index (χ2n) is 8.45. The number of carbonyl (C=O) groups excluding carboxylic acids is 1. The summed E-state index contributed by atoms with van der Waals surface area (Å²) in [6, 6.07) is 4.13. The van der Waals surface area contributed by atoms with E-state index in [0.717, 1.165) is 5.70 Å². The van der Waals surface area contributed by atoms with E-state index in [-0.39, 0.29) is 54.8 Å². The number of likely N-dealkylation sites (tertiary alicyclic amines) is 1. The molecule has 1 saturated heterocycles. The van der Waals surface area contributed by atoms with Crippen LogP contribution in [0.3, 0.4) is 0 Å². The third-order valence-corrected chi connectivity index (χ3v) is 6.53. The summed E-state index contributed by atoms with van der Waals surface area (Å²) in [5, 5.41) is 24.2. The fourth-order valence-electron chi connectivity index (χ4n) is 4.10. The van der Waals surface area contributed by atoms with Crippen LogP contribution in [0, 0.1) is 11.2 Å². The number of nitrogens with zero attached hydrogens (tertiary/aromatic N) is 2. The van der Waals surface area contributed by atoms with E-state index in [1.54, 1.807) is 6.92 Å². The number of hydrogen-bond donors (Lipinski definition) is 4. The van der Waals surface area contributed by atoms with E-state index >= 15 is 0 Å². The molecule has 0 bridgehead atoms. The molecule has 176 valence electrons. The van der Waals surface area contributed by atoms with E-state index in [4.69, 9.17) is 26.9 Å². The van der Waals surface area contributed by atoms with Crippen LogP contribution in [0.1, 0.15) is 37.0 Å². The van der Waals surface area contributed by atoms with Gasteiger partial charge in [-0.05, 0) is 38.8 Å². The number of aliphatic hydroxyl groups is 1. The van der Waals surface area contributed by atoms with Crippen molar-refractivity contribution in [2.45, 2.75) is 38.8 Å². The quantitative estimate of drug-likeness (QED) is 0.505. The highest BCUT2D eigenvalue weighted by molar-refractivity contribution is 6.43. The molecule has 33 heavy (non-hydrogen) atoms. The molecule has 1 aromatic carbocycles. The Morgan fingerprint density at radius 2 is 2.15 bits per heavy atom. The zero-order chi connectivity index (χ0) is 23.7. The molecule has 1 aromatic rings. The van der Waals surface area contributed by atoms with E-state index in [2.05, 4.69) is 15.6 Å². The van der Waals surface area contributed by atoms with E-state index in [1.807, 2.05) is 6.92 Å². The zero-order valence-corrected chi connectivity index (χ0v) is 19.3. The second-order valence-corrected chi connectivity index (χ2v) is 8.83. The van der Waals surface area contributed by atoms with Gasteiger partial charge in [0.2, 0.25) is 0 Å². The van der Waals surface area contributed by atoms with Crippen LogP contribution in [0.5, 0.6) is 5.75 Å². The minimum atomic E-state index is -0.483. The molecule has 4 rings (SSSR count). The Balaban J connectivity index is 1.49. The van der Waals surface area contributed by atoms with Gasteiger partial charge < -0.3 is 30.8 Å². The standard InChI is InChI=1S/C23H27ClFN5O3/c1-12-21(24)13(2)29-22(28-12)18-10-30(11-19(18)26)23(32)17-4-3-14(25)7-20(17)33-16-8-15(9-16)27-5-6-31/h3-4,7,15-16,26-28,31H,5-6,8-11H2,1-2H3/b22-18+,26-19?. The van der Waals surface area contributed by atoms with E-state index in [9.17, 15) is 9.18 Å². The minimum absolute atomic E-state index is 0.0663. The molecule has 0 radical (unpaired) electrons. The first-order valence-corrected chi connectivity index (χ1v) is 11.2. The van der Waals surface area contributed by atoms with Crippen LogP contribution < -0.4 is 15.4 Å². The summed E-state index contributed by atoms with van der Waals surface area (Å²) in [4.78, 5) is 19.3. The molecule has 4 N–H and O–H groups in total. The van der Waals surface area contributed by atoms with E-state index in [1.165, 1.54) is 23.1 Å². The van der Waals surface area contributed by atoms with Crippen LogP contribution in [-0.2, 0) is 0 Å². The summed E-state index contributed by atoms with van der Waals surface area (Å²) >= 11 is 6.19. The highest BCUT2D eigenvalue weighted by atomic mass is 35.5. The fraction of sp³-hybridized carbons (Fsp3) is 0.435. The summed E-state index contributed by atoms with van der Waals surface area (Å²) in [6.07, 6.45) is 1.30. The summed E-state index contributed by atoms with van der Waals surface area (Å²) in [6.45, 7) is 4.53. The van der Waals surface area contributed by atoms with Crippen molar-refractivity contribution in [1.82, 2.24) is 15.5 Å². The van der Waals surface area contributed by atoms with Crippen LogP contribution in [0.4, 0.5) is 4.39 Å². The number of amides is 1. The van der Waals surface area contributed by atoms with Gasteiger partial charge in [0.15, 0.2) is 0 Å². The van der Waals surface area contributed by atoms with Gasteiger partial charge in [0.1, 0.15) is 23.5 Å². The average Bonchev–Trinajstić information content (AvgIpc) is 3.14. The zero-order valence-electron chi connectivity index (χ0n) is 18.5. The van der Waals surface area contributed by atoms with Gasteiger partial charge in [-0.1, -0.05) is 11.6 Å². The molecule has 8 nitrogen and oxygen atoms in total. The number of rotatable bonds is 6. The molecule has 0 aromatic heterocycles. The van der Waals surface area contributed by atoms with Crippen LogP contribution in [0.2, 0.25) is 0 Å². The van der Waals surface area contributed by atoms with E-state index in [0.29, 0.717) is 41.5 Å². The van der Waals surface area contributed by atoms with Gasteiger partial charge in [0, 0.05) is 29.9 Å². The van der Waals surface area contributed by atoms with Crippen molar-refractivity contribution in [3.05, 3.63) is 51.7 Å². The maximum atomic E-state index is 14.0. The smallest absolute Gasteiger partial charge is 0.258 e. The van der Waals surface area contributed by atoms with Crippen molar-refractivity contribution < 1.29 is 19.0 Å². The van der Waals surface area contributed by atoms with Crippen molar-refractivity contribution in [3.8, 4) is 5.75 Å². The highest BCUT2D eigenvalue weighted by Crippen LogP contribution is 2.31. The number of allylic oxidation sites excluding steroid dienone is 2. The predicted octanol–water partition coefficient (Wildman–Crippen LogP) is 2.54. The van der Waals surface area contributed by atoms with Gasteiger partial charge in [-0.2, -0.15) is 0 Å². The molecule has 0 atom stereocenters. The maximum Gasteiger partial charge on any atom is 0.258 e. The number of hydrogen-bond acceptors (Lipinski definition) is 7. The summed E-state index contributed by atoms with van der Waals surface area (Å²) in [5.41, 5.74) is 2.56. The molecular weight excluding hydrogens is 449 g/mol. The average molecular weight is 476 g/mol. The molecule has 1 saturated carbocycles. The van der Waals surface area contributed by atoms with Crippen LogP contribution in [0.15, 0.2) is 45.3 Å². The molecule has 3 aliphatic rings. The topological polar surface area (TPSA) is 110 Å². The largest absolute Gasteiger partial charge is 0.489 e. The lowest BCUT2D eigenvalue weighted by Crippen LogP contribution is -2.47. The maximum absolute atomic E-state index is 14.0. The normalized spacial score (nSPS) is 25.1. The van der Waals surface area contributed by atoms with E-state index < -0.39 is 5.82 Å². The molecule has 2 aliphatic heterocycles. The summed E-state index contributed by atoms with van der Waals surface area (Å²) < 4.78 is 19.9. The van der Waals surface area contributed by atoms with Gasteiger partial charge in [-0.25, -0.2) is 9.38 Å². The Morgan fingerprint density at radius 3 is 2.85 bits per heavy atom. The number of nitrogens with one attached hydrogen (secondary N) is 3. The Kier molecular flexibility index (Phi) is 6.83. The Hall–Kier alpha value is -2.75. The fourth-order valence-corrected chi connectivity index (χ4v) is 4.19. The molecular formula is C23H27ClFN5O3. The second kappa shape index (κ2) is 9.62. The number of aliphatic hydroxyl groups excluding tert-OH is 1.